The summed E-state index contributed by atoms with van der Waals surface area (Å²) in [5, 5.41) is 12.5. The Morgan fingerprint density at radius 3 is 2.50 bits per heavy atom. The number of aliphatic hydroxyl groups excluding tert-OH is 1. The van der Waals surface area contributed by atoms with Gasteiger partial charge in [0, 0.05) is 22.4 Å². The summed E-state index contributed by atoms with van der Waals surface area (Å²) in [5.74, 6) is 1.09. The molecule has 1 aliphatic carbocycles. The van der Waals surface area contributed by atoms with Crippen molar-refractivity contribution in [2.45, 2.75) is 42.0 Å². The molecule has 0 spiro atoms. The van der Waals surface area contributed by atoms with Crippen molar-refractivity contribution >= 4 is 21.7 Å². The number of aromatic nitrogens is 1. The molecule has 1 amide bonds. The third-order valence-electron chi connectivity index (χ3n) is 7.11. The number of nitrogens with zero attached hydrogens (tertiary/aromatic N) is 2. The molecule has 2 N–H and O–H groups in total. The molecule has 1 atom stereocenters. The van der Waals surface area contributed by atoms with Crippen LogP contribution in [0.3, 0.4) is 0 Å². The largest absolute Gasteiger partial charge is 0.497 e. The molecule has 2 fully saturated rings. The molecule has 5 rings (SSSR count). The number of carbonyl (C=O) groups excluding carboxylic acids is 1. The molecule has 0 bridgehead atoms. The van der Waals surface area contributed by atoms with Crippen LogP contribution in [0.15, 0.2) is 71.6 Å². The molecule has 36 heavy (non-hydrogen) atoms. The van der Waals surface area contributed by atoms with Crippen molar-refractivity contribution in [2.24, 2.45) is 0 Å². The van der Waals surface area contributed by atoms with Gasteiger partial charge in [-0.15, -0.1) is 0 Å². The minimum atomic E-state index is -3.68. The fourth-order valence-corrected chi connectivity index (χ4v) is 6.51. The highest BCUT2D eigenvalue weighted by Crippen LogP contribution is 2.49. The van der Waals surface area contributed by atoms with E-state index in [4.69, 9.17) is 4.74 Å². The van der Waals surface area contributed by atoms with E-state index in [2.05, 4.69) is 10.3 Å². The van der Waals surface area contributed by atoms with Crippen molar-refractivity contribution in [1.82, 2.24) is 9.29 Å². The van der Waals surface area contributed by atoms with Gasteiger partial charge in [0.15, 0.2) is 0 Å². The minimum absolute atomic E-state index is 0. The van der Waals surface area contributed by atoms with E-state index in [-0.39, 0.29) is 27.7 Å². The first kappa shape index (κ1) is 24.4. The molecule has 2 aliphatic rings. The molecule has 8 nitrogen and oxygen atoms in total. The molecule has 194 valence electrons. The van der Waals surface area contributed by atoms with Crippen LogP contribution in [0.1, 0.15) is 35.5 Å². The van der Waals surface area contributed by atoms with E-state index in [9.17, 15) is 18.3 Å². The maximum Gasteiger partial charge on any atom is 0.243 e. The number of hydrogen-bond acceptors (Lipinski definition) is 6. The maximum absolute atomic E-state index is 13.2. The number of ether oxygens (including phenoxy) is 1. The van der Waals surface area contributed by atoms with Crippen molar-refractivity contribution in [1.29, 1.82) is 0 Å². The van der Waals surface area contributed by atoms with Crippen LogP contribution in [0, 0.1) is 0 Å². The number of rotatable bonds is 8. The molecule has 3 aromatic rings. The zero-order chi connectivity index (χ0) is 25.3. The molecular formula is C27H35N3O5S. The third kappa shape index (κ3) is 4.50. The van der Waals surface area contributed by atoms with Crippen molar-refractivity contribution in [3.8, 4) is 17.0 Å². The van der Waals surface area contributed by atoms with Crippen LogP contribution in [0.25, 0.3) is 11.3 Å². The van der Waals surface area contributed by atoms with E-state index < -0.39 is 15.4 Å². The van der Waals surface area contributed by atoms with Crippen LogP contribution in [0.2, 0.25) is 0 Å². The topological polar surface area (TPSA) is 109 Å². The lowest BCUT2D eigenvalue weighted by molar-refractivity contribution is -0.118. The van der Waals surface area contributed by atoms with Crippen molar-refractivity contribution in [3.05, 3.63) is 72.3 Å². The van der Waals surface area contributed by atoms with Gasteiger partial charge in [-0.25, -0.2) is 13.4 Å². The number of hydrogen-bond donors (Lipinski definition) is 2. The van der Waals surface area contributed by atoms with Crippen LogP contribution >= 0.6 is 0 Å². The average Bonchev–Trinajstić information content (AvgIpc) is 3.58. The second-order valence-corrected chi connectivity index (χ2v) is 11.2. The highest BCUT2D eigenvalue weighted by molar-refractivity contribution is 7.89. The molecule has 2 aromatic carbocycles. The number of amides is 1. The van der Waals surface area contributed by atoms with Crippen LogP contribution < -0.4 is 10.1 Å². The zero-order valence-corrected chi connectivity index (χ0v) is 20.9. The predicted molar refractivity (Wildman–Crippen MR) is 143 cm³/mol. The van der Waals surface area contributed by atoms with E-state index in [0.717, 1.165) is 36.1 Å². The molecule has 2 heterocycles. The minimum Gasteiger partial charge on any atom is -0.497 e. The van der Waals surface area contributed by atoms with E-state index in [0.29, 0.717) is 24.5 Å². The number of nitrogens with one attached hydrogen (secondary N) is 1. The van der Waals surface area contributed by atoms with Gasteiger partial charge in [0.05, 0.1) is 29.7 Å². The summed E-state index contributed by atoms with van der Waals surface area (Å²) < 4.78 is 32.6. The fraction of sp³-hybridized carbons (Fsp3) is 0.333. The number of anilines is 1. The Balaban J connectivity index is 0.00000178. The normalized spacial score (nSPS) is 19.1. The summed E-state index contributed by atoms with van der Waals surface area (Å²) in [6, 6.07) is 19.1. The predicted octanol–water partition coefficient (Wildman–Crippen LogP) is 4.31. The molecule has 9 heteroatoms. The fourth-order valence-electron chi connectivity index (χ4n) is 4.82. The lowest BCUT2D eigenvalue weighted by Gasteiger charge is -2.22. The van der Waals surface area contributed by atoms with Crippen LogP contribution in [0.4, 0.5) is 5.82 Å². The van der Waals surface area contributed by atoms with Gasteiger partial charge in [-0.3, -0.25) is 4.79 Å². The van der Waals surface area contributed by atoms with Gasteiger partial charge < -0.3 is 15.2 Å². The Morgan fingerprint density at radius 1 is 1.14 bits per heavy atom. The first-order valence-electron chi connectivity index (χ1n) is 12.0. The summed E-state index contributed by atoms with van der Waals surface area (Å²) in [5.41, 5.74) is 1.76. The Kier molecular flexibility index (Phi) is 6.55. The Labute approximate surface area is 215 Å². The number of benzene rings is 2. The molecular weight excluding hydrogens is 478 g/mol. The summed E-state index contributed by atoms with van der Waals surface area (Å²) in [7, 11) is -2.06. The van der Waals surface area contributed by atoms with Gasteiger partial charge in [-0.1, -0.05) is 30.3 Å². The number of carbonyl (C=O) groups is 1. The van der Waals surface area contributed by atoms with Gasteiger partial charge in [0.2, 0.25) is 15.9 Å². The number of pyridine rings is 1. The second-order valence-electron chi connectivity index (χ2n) is 9.29. The lowest BCUT2D eigenvalue weighted by atomic mass is 9.95. The van der Waals surface area contributed by atoms with Gasteiger partial charge in [0.25, 0.3) is 0 Å². The van der Waals surface area contributed by atoms with Crippen molar-refractivity contribution in [3.63, 3.8) is 0 Å². The number of aliphatic hydroxyl groups is 1. The summed E-state index contributed by atoms with van der Waals surface area (Å²) in [6.45, 7) is 0.232. The first-order chi connectivity index (χ1) is 17.4. The Bertz CT molecular complexity index is 1370. The molecule has 1 saturated carbocycles. The molecule has 1 aromatic heterocycles. The summed E-state index contributed by atoms with van der Waals surface area (Å²) in [4.78, 5) is 17.9. The zero-order valence-electron chi connectivity index (χ0n) is 20.1. The van der Waals surface area contributed by atoms with Gasteiger partial charge >= 0.3 is 0 Å². The quantitative estimate of drug-likeness (QED) is 0.465. The van der Waals surface area contributed by atoms with Gasteiger partial charge in [-0.05, 0) is 67.6 Å². The highest BCUT2D eigenvalue weighted by Gasteiger charge is 2.51. The third-order valence-corrected chi connectivity index (χ3v) is 9.07. The molecule has 0 radical (unpaired) electrons. The first-order valence-corrected chi connectivity index (χ1v) is 13.5. The van der Waals surface area contributed by atoms with Crippen LogP contribution in [0.5, 0.6) is 5.75 Å². The SMILES string of the molecule is COc1ccc(C2(C(=O)Nc3cccc(-c4ccc(S(=O)(=O)N5CCC[C@@H]5CO)cc4)n3)CC2)cc1.[HH].[HH].[HH]. The van der Waals surface area contributed by atoms with E-state index in [1.54, 1.807) is 37.4 Å². The van der Waals surface area contributed by atoms with Gasteiger partial charge in [0.1, 0.15) is 11.6 Å². The van der Waals surface area contributed by atoms with Crippen molar-refractivity contribution in [2.75, 3.05) is 25.6 Å². The van der Waals surface area contributed by atoms with E-state index >= 15 is 0 Å². The average molecular weight is 514 g/mol. The van der Waals surface area contributed by atoms with Crippen LogP contribution in [-0.2, 0) is 20.2 Å². The monoisotopic (exact) mass is 513 g/mol. The van der Waals surface area contributed by atoms with Crippen molar-refractivity contribution < 1.29 is 27.3 Å². The summed E-state index contributed by atoms with van der Waals surface area (Å²) in [6.07, 6.45) is 2.95. The van der Waals surface area contributed by atoms with E-state index in [1.807, 2.05) is 36.4 Å². The Hall–Kier alpha value is -3.27. The lowest BCUT2D eigenvalue weighted by Crippen LogP contribution is -2.37. The van der Waals surface area contributed by atoms with Crippen LogP contribution in [-0.4, -0.2) is 55.0 Å². The smallest absolute Gasteiger partial charge is 0.243 e. The molecule has 1 aliphatic heterocycles. The number of methoxy groups -OCH3 is 1. The standard InChI is InChI=1S/C27H29N3O5S.3H2/c1-35-22-11-9-20(10-12-22)27(15-16-27)26(32)29-25-6-2-5-24(28-25)19-7-13-23(14-8-19)36(33,34)30-17-3-4-21(30)18-31;;;/h2,5-14,21,31H,3-4,15-18H2,1H3,(H,28,29,32);3*1H/t21-;;;/m1.../s1. The van der Waals surface area contributed by atoms with E-state index in [1.165, 1.54) is 4.31 Å². The van der Waals surface area contributed by atoms with Gasteiger partial charge in [-0.2, -0.15) is 4.31 Å². The Morgan fingerprint density at radius 2 is 1.86 bits per heavy atom. The highest BCUT2D eigenvalue weighted by atomic mass is 32.2. The molecule has 0 unspecified atom stereocenters. The second kappa shape index (κ2) is 9.65. The summed E-state index contributed by atoms with van der Waals surface area (Å²) >= 11 is 0. The molecule has 1 saturated heterocycles. The number of sulfonamides is 1. The maximum atomic E-state index is 13.2.